The van der Waals surface area contributed by atoms with Gasteiger partial charge in [-0.1, -0.05) is 0 Å². The first kappa shape index (κ1) is 8.95. The van der Waals surface area contributed by atoms with E-state index < -0.39 is 10.1 Å². The van der Waals surface area contributed by atoms with Crippen LogP contribution in [0.15, 0.2) is 22.0 Å². The summed E-state index contributed by atoms with van der Waals surface area (Å²) in [5.41, 5.74) is -0.132. The summed E-state index contributed by atoms with van der Waals surface area (Å²) >= 11 is 0. The van der Waals surface area contributed by atoms with Gasteiger partial charge in [0.2, 0.25) is 0 Å². The van der Waals surface area contributed by atoms with Gasteiger partial charge in [-0.3, -0.25) is 9.35 Å². The maximum Gasteiger partial charge on any atom is 0.295 e. The van der Waals surface area contributed by atoms with Crippen LogP contribution in [-0.2, 0) is 10.1 Å². The molecule has 1 heterocycles. The number of pyridine rings is 1. The number of aryl methyl sites for hydroxylation is 1. The SMILES string of the molecule is Cc1cc(S(=O)(=O)O)c[nH]c1=O. The normalized spacial score (nSPS) is 11.5. The molecule has 66 valence electrons. The van der Waals surface area contributed by atoms with Crippen molar-refractivity contribution in [2.24, 2.45) is 0 Å². The summed E-state index contributed by atoms with van der Waals surface area (Å²) in [5, 5.41) is 0. The quantitative estimate of drug-likeness (QED) is 0.605. The lowest BCUT2D eigenvalue weighted by Gasteiger charge is -1.96. The molecule has 0 radical (unpaired) electrons. The number of hydrogen-bond donors (Lipinski definition) is 2. The molecule has 2 N–H and O–H groups in total. The third-order valence-electron chi connectivity index (χ3n) is 1.36. The first-order chi connectivity index (χ1) is 5.41. The fraction of sp³-hybridized carbons (Fsp3) is 0.167. The van der Waals surface area contributed by atoms with Crippen molar-refractivity contribution < 1.29 is 13.0 Å². The van der Waals surface area contributed by atoms with Gasteiger partial charge in [-0.25, -0.2) is 0 Å². The Bertz CT molecular complexity index is 445. The Morgan fingerprint density at radius 3 is 2.50 bits per heavy atom. The summed E-state index contributed by atoms with van der Waals surface area (Å²) in [7, 11) is -4.21. The van der Waals surface area contributed by atoms with Crippen molar-refractivity contribution in [2.75, 3.05) is 0 Å². The van der Waals surface area contributed by atoms with Gasteiger partial charge in [0.05, 0.1) is 0 Å². The molecule has 0 unspecified atom stereocenters. The Morgan fingerprint density at radius 2 is 2.08 bits per heavy atom. The average Bonchev–Trinajstić information content (AvgIpc) is 1.92. The number of rotatable bonds is 1. The van der Waals surface area contributed by atoms with Crippen molar-refractivity contribution in [2.45, 2.75) is 11.8 Å². The van der Waals surface area contributed by atoms with E-state index in [-0.39, 0.29) is 16.0 Å². The zero-order chi connectivity index (χ0) is 9.35. The molecule has 0 aromatic carbocycles. The molecule has 0 amide bonds. The minimum absolute atomic E-state index is 0.241. The summed E-state index contributed by atoms with van der Waals surface area (Å²) in [5.74, 6) is 0. The van der Waals surface area contributed by atoms with E-state index in [2.05, 4.69) is 4.98 Å². The summed E-state index contributed by atoms with van der Waals surface area (Å²) in [6, 6.07) is 1.11. The van der Waals surface area contributed by atoms with E-state index >= 15 is 0 Å². The molecule has 0 aliphatic rings. The smallest absolute Gasteiger partial charge is 0.295 e. The summed E-state index contributed by atoms with van der Waals surface area (Å²) < 4.78 is 29.6. The number of nitrogens with one attached hydrogen (secondary N) is 1. The number of aromatic nitrogens is 1. The van der Waals surface area contributed by atoms with E-state index in [1.165, 1.54) is 6.92 Å². The minimum atomic E-state index is -4.21. The Morgan fingerprint density at radius 1 is 1.50 bits per heavy atom. The Labute approximate surface area is 68.8 Å². The molecule has 0 spiro atoms. The second kappa shape index (κ2) is 2.72. The number of aromatic amines is 1. The van der Waals surface area contributed by atoms with Crippen LogP contribution in [-0.4, -0.2) is 18.0 Å². The Hall–Kier alpha value is -1.14. The van der Waals surface area contributed by atoms with Crippen molar-refractivity contribution in [3.63, 3.8) is 0 Å². The van der Waals surface area contributed by atoms with Crippen LogP contribution in [0.25, 0.3) is 0 Å². The second-order valence-corrected chi connectivity index (χ2v) is 3.74. The second-order valence-electron chi connectivity index (χ2n) is 2.32. The molecule has 1 aromatic heterocycles. The van der Waals surface area contributed by atoms with E-state index in [0.717, 1.165) is 12.3 Å². The van der Waals surface area contributed by atoms with Crippen LogP contribution in [0.3, 0.4) is 0 Å². The highest BCUT2D eigenvalue weighted by atomic mass is 32.2. The lowest BCUT2D eigenvalue weighted by Crippen LogP contribution is -2.11. The average molecular weight is 189 g/mol. The van der Waals surface area contributed by atoms with Crippen LogP contribution in [0, 0.1) is 6.92 Å². The van der Waals surface area contributed by atoms with Crippen molar-refractivity contribution in [1.82, 2.24) is 4.98 Å². The molecule has 0 saturated carbocycles. The molecular weight excluding hydrogens is 182 g/mol. The standard InChI is InChI=1S/C6H7NO4S/c1-4-2-5(12(9,10)11)3-7-6(4)8/h2-3H,1H3,(H,7,8)(H,9,10,11). The lowest BCUT2D eigenvalue weighted by molar-refractivity contribution is 0.482. The van der Waals surface area contributed by atoms with Crippen LogP contribution in [0.1, 0.15) is 5.56 Å². The highest BCUT2D eigenvalue weighted by Gasteiger charge is 2.09. The molecule has 0 aliphatic heterocycles. The molecular formula is C6H7NO4S. The maximum absolute atomic E-state index is 10.8. The predicted molar refractivity (Wildman–Crippen MR) is 41.6 cm³/mol. The van der Waals surface area contributed by atoms with Gasteiger partial charge in [-0.2, -0.15) is 8.42 Å². The van der Waals surface area contributed by atoms with E-state index in [1.807, 2.05) is 0 Å². The molecule has 0 atom stereocenters. The first-order valence-electron chi connectivity index (χ1n) is 3.08. The zero-order valence-corrected chi connectivity index (χ0v) is 7.05. The van der Waals surface area contributed by atoms with Crippen molar-refractivity contribution >= 4 is 10.1 Å². The van der Waals surface area contributed by atoms with Gasteiger partial charge in [0.25, 0.3) is 15.7 Å². The monoisotopic (exact) mass is 189 g/mol. The Balaban J connectivity index is 3.43. The van der Waals surface area contributed by atoms with E-state index in [4.69, 9.17) is 4.55 Å². The third-order valence-corrected chi connectivity index (χ3v) is 2.19. The van der Waals surface area contributed by atoms with Gasteiger partial charge < -0.3 is 4.98 Å². The molecule has 0 fully saturated rings. The highest BCUT2D eigenvalue weighted by Crippen LogP contribution is 2.04. The van der Waals surface area contributed by atoms with Crippen LogP contribution >= 0.6 is 0 Å². The van der Waals surface area contributed by atoms with E-state index in [0.29, 0.717) is 0 Å². The minimum Gasteiger partial charge on any atom is -0.327 e. The van der Waals surface area contributed by atoms with Gasteiger partial charge in [0.1, 0.15) is 4.90 Å². The van der Waals surface area contributed by atoms with Gasteiger partial charge in [0.15, 0.2) is 0 Å². The summed E-state index contributed by atoms with van der Waals surface area (Å²) in [6.07, 6.45) is 0.949. The van der Waals surface area contributed by atoms with Gasteiger partial charge in [0, 0.05) is 11.8 Å². The van der Waals surface area contributed by atoms with Crippen molar-refractivity contribution in [3.05, 3.63) is 28.2 Å². The van der Waals surface area contributed by atoms with Gasteiger partial charge in [-0.15, -0.1) is 0 Å². The molecule has 1 aromatic rings. The van der Waals surface area contributed by atoms with E-state index in [9.17, 15) is 13.2 Å². The topological polar surface area (TPSA) is 87.2 Å². The van der Waals surface area contributed by atoms with Crippen molar-refractivity contribution in [1.29, 1.82) is 0 Å². The lowest BCUT2D eigenvalue weighted by atomic mass is 10.3. The fourth-order valence-corrected chi connectivity index (χ4v) is 1.25. The molecule has 12 heavy (non-hydrogen) atoms. The summed E-state index contributed by atoms with van der Waals surface area (Å²) in [4.78, 5) is 12.6. The maximum atomic E-state index is 10.8. The molecule has 1 rings (SSSR count). The molecule has 0 saturated heterocycles. The summed E-state index contributed by atoms with van der Waals surface area (Å²) in [6.45, 7) is 1.45. The molecule has 5 nitrogen and oxygen atoms in total. The Kier molecular flexibility index (Phi) is 2.03. The van der Waals surface area contributed by atoms with Crippen LogP contribution in [0.2, 0.25) is 0 Å². The number of H-pyrrole nitrogens is 1. The number of hydrogen-bond acceptors (Lipinski definition) is 3. The molecule has 0 aliphatic carbocycles. The predicted octanol–water partition coefficient (Wildman–Crippen LogP) is -0.0700. The molecule has 0 bridgehead atoms. The zero-order valence-electron chi connectivity index (χ0n) is 6.23. The largest absolute Gasteiger partial charge is 0.327 e. The molecule has 6 heteroatoms. The third kappa shape index (κ3) is 1.72. The van der Waals surface area contributed by atoms with E-state index in [1.54, 1.807) is 0 Å². The van der Waals surface area contributed by atoms with Gasteiger partial charge in [-0.05, 0) is 13.0 Å². The van der Waals surface area contributed by atoms with Gasteiger partial charge >= 0.3 is 0 Å². The van der Waals surface area contributed by atoms with Crippen LogP contribution < -0.4 is 5.56 Å². The fourth-order valence-electron chi connectivity index (χ4n) is 0.720. The highest BCUT2D eigenvalue weighted by molar-refractivity contribution is 7.85. The first-order valence-corrected chi connectivity index (χ1v) is 4.52. The van der Waals surface area contributed by atoms with Crippen LogP contribution in [0.5, 0.6) is 0 Å². The van der Waals surface area contributed by atoms with Crippen molar-refractivity contribution in [3.8, 4) is 0 Å². The van der Waals surface area contributed by atoms with Crippen LogP contribution in [0.4, 0.5) is 0 Å².